The van der Waals surface area contributed by atoms with E-state index < -0.39 is 5.60 Å². The van der Waals surface area contributed by atoms with E-state index in [0.717, 1.165) is 15.8 Å². The van der Waals surface area contributed by atoms with Crippen molar-refractivity contribution in [3.05, 3.63) is 28.2 Å². The number of halogens is 1. The SMILES string of the molecule is COc1ccc(Br)c(CC2(O)CCOCC2)c1. The summed E-state index contributed by atoms with van der Waals surface area (Å²) in [6, 6.07) is 5.83. The van der Waals surface area contributed by atoms with Crippen molar-refractivity contribution in [2.24, 2.45) is 0 Å². The molecule has 3 nitrogen and oxygen atoms in total. The predicted octanol–water partition coefficient (Wildman–Crippen LogP) is 2.54. The summed E-state index contributed by atoms with van der Waals surface area (Å²) in [7, 11) is 1.65. The molecule has 1 saturated heterocycles. The standard InChI is InChI=1S/C13H17BrO3/c1-16-11-2-3-12(14)10(8-11)9-13(15)4-6-17-7-5-13/h2-3,8,15H,4-7,9H2,1H3. The molecule has 0 aliphatic carbocycles. The molecule has 0 unspecified atom stereocenters. The fourth-order valence-corrected chi connectivity index (χ4v) is 2.48. The van der Waals surface area contributed by atoms with Crippen LogP contribution in [-0.4, -0.2) is 31.0 Å². The highest BCUT2D eigenvalue weighted by atomic mass is 79.9. The molecule has 0 radical (unpaired) electrons. The van der Waals surface area contributed by atoms with E-state index in [2.05, 4.69) is 15.9 Å². The lowest BCUT2D eigenvalue weighted by Gasteiger charge is -2.32. The lowest BCUT2D eigenvalue weighted by molar-refractivity contribution is -0.0626. The van der Waals surface area contributed by atoms with Crippen LogP contribution in [0.5, 0.6) is 5.75 Å². The monoisotopic (exact) mass is 300 g/mol. The summed E-state index contributed by atoms with van der Waals surface area (Å²) in [6.07, 6.45) is 2.02. The first-order valence-corrected chi connectivity index (χ1v) is 6.55. The van der Waals surface area contributed by atoms with Gasteiger partial charge in [-0.05, 0) is 36.6 Å². The Kier molecular flexibility index (Phi) is 4.07. The summed E-state index contributed by atoms with van der Waals surface area (Å²) in [5, 5.41) is 10.5. The quantitative estimate of drug-likeness (QED) is 0.932. The van der Waals surface area contributed by atoms with E-state index in [1.165, 1.54) is 0 Å². The van der Waals surface area contributed by atoms with Crippen molar-refractivity contribution < 1.29 is 14.6 Å². The Hall–Kier alpha value is -0.580. The van der Waals surface area contributed by atoms with Crippen molar-refractivity contribution in [2.45, 2.75) is 24.9 Å². The maximum atomic E-state index is 10.5. The molecule has 1 aliphatic heterocycles. The Balaban J connectivity index is 2.16. The van der Waals surface area contributed by atoms with E-state index in [1.54, 1.807) is 7.11 Å². The third-order valence-electron chi connectivity index (χ3n) is 3.20. The normalized spacial score (nSPS) is 19.0. The molecule has 0 aromatic heterocycles. The van der Waals surface area contributed by atoms with Crippen molar-refractivity contribution in [2.75, 3.05) is 20.3 Å². The van der Waals surface area contributed by atoms with Crippen molar-refractivity contribution in [3.63, 3.8) is 0 Å². The average molecular weight is 301 g/mol. The zero-order valence-corrected chi connectivity index (χ0v) is 11.5. The summed E-state index contributed by atoms with van der Waals surface area (Å²) in [5.74, 6) is 0.818. The van der Waals surface area contributed by atoms with Gasteiger partial charge in [-0.25, -0.2) is 0 Å². The molecule has 2 rings (SSSR count). The third kappa shape index (κ3) is 3.21. The molecule has 1 aromatic carbocycles. The molecule has 4 heteroatoms. The van der Waals surface area contributed by atoms with Gasteiger partial charge in [-0.3, -0.25) is 0 Å². The Bertz CT molecular complexity index is 386. The van der Waals surface area contributed by atoms with Gasteiger partial charge in [0.2, 0.25) is 0 Å². The Morgan fingerprint density at radius 2 is 2.12 bits per heavy atom. The molecule has 0 spiro atoms. The van der Waals surface area contributed by atoms with Crippen molar-refractivity contribution in [3.8, 4) is 5.75 Å². The molecular formula is C13H17BrO3. The second kappa shape index (κ2) is 5.38. The Morgan fingerprint density at radius 3 is 2.76 bits per heavy atom. The van der Waals surface area contributed by atoms with Crippen LogP contribution in [0.1, 0.15) is 18.4 Å². The first kappa shape index (κ1) is 12.9. The number of hydrogen-bond acceptors (Lipinski definition) is 3. The smallest absolute Gasteiger partial charge is 0.119 e. The predicted molar refractivity (Wildman–Crippen MR) is 69.4 cm³/mol. The highest BCUT2D eigenvalue weighted by Crippen LogP contribution is 2.30. The molecule has 1 aromatic rings. The molecule has 94 valence electrons. The van der Waals surface area contributed by atoms with Gasteiger partial charge in [0.25, 0.3) is 0 Å². The fourth-order valence-electron chi connectivity index (χ4n) is 2.10. The second-order valence-corrected chi connectivity index (χ2v) is 5.33. The summed E-state index contributed by atoms with van der Waals surface area (Å²) in [4.78, 5) is 0. The molecule has 0 saturated carbocycles. The molecular weight excluding hydrogens is 284 g/mol. The van der Waals surface area contributed by atoms with Gasteiger partial charge >= 0.3 is 0 Å². The van der Waals surface area contributed by atoms with E-state index >= 15 is 0 Å². The topological polar surface area (TPSA) is 38.7 Å². The summed E-state index contributed by atoms with van der Waals surface area (Å²) in [6.45, 7) is 1.27. The van der Waals surface area contributed by atoms with Crippen LogP contribution in [0.25, 0.3) is 0 Å². The van der Waals surface area contributed by atoms with Crippen LogP contribution in [0.3, 0.4) is 0 Å². The Labute approximate surface area is 110 Å². The lowest BCUT2D eigenvalue weighted by atomic mass is 9.87. The van der Waals surface area contributed by atoms with E-state index in [9.17, 15) is 5.11 Å². The summed E-state index contributed by atoms with van der Waals surface area (Å²) in [5.41, 5.74) is 0.432. The molecule has 0 atom stereocenters. The number of ether oxygens (including phenoxy) is 2. The van der Waals surface area contributed by atoms with Crippen molar-refractivity contribution >= 4 is 15.9 Å². The lowest BCUT2D eigenvalue weighted by Crippen LogP contribution is -2.38. The van der Waals surface area contributed by atoms with Gasteiger partial charge in [0.15, 0.2) is 0 Å². The zero-order valence-electron chi connectivity index (χ0n) is 9.91. The van der Waals surface area contributed by atoms with Crippen LogP contribution >= 0.6 is 15.9 Å². The van der Waals surface area contributed by atoms with E-state index in [4.69, 9.17) is 9.47 Å². The van der Waals surface area contributed by atoms with Gasteiger partial charge in [0.05, 0.1) is 12.7 Å². The van der Waals surface area contributed by atoms with Gasteiger partial charge in [-0.15, -0.1) is 0 Å². The minimum Gasteiger partial charge on any atom is -0.497 e. The van der Waals surface area contributed by atoms with Gasteiger partial charge in [0.1, 0.15) is 5.75 Å². The molecule has 1 aliphatic rings. The maximum absolute atomic E-state index is 10.5. The minimum atomic E-state index is -0.646. The van der Waals surface area contributed by atoms with E-state index in [1.807, 2.05) is 18.2 Å². The molecule has 1 N–H and O–H groups in total. The van der Waals surface area contributed by atoms with Gasteiger partial charge in [-0.1, -0.05) is 15.9 Å². The molecule has 17 heavy (non-hydrogen) atoms. The van der Waals surface area contributed by atoms with Gasteiger partial charge < -0.3 is 14.6 Å². The van der Waals surface area contributed by atoms with Crippen molar-refractivity contribution in [1.82, 2.24) is 0 Å². The van der Waals surface area contributed by atoms with Gasteiger partial charge in [-0.2, -0.15) is 0 Å². The molecule has 0 bridgehead atoms. The first-order chi connectivity index (χ1) is 8.13. The zero-order chi connectivity index (χ0) is 12.3. The van der Waals surface area contributed by atoms with Crippen LogP contribution in [-0.2, 0) is 11.2 Å². The molecule has 1 heterocycles. The Morgan fingerprint density at radius 1 is 1.41 bits per heavy atom. The highest BCUT2D eigenvalue weighted by Gasteiger charge is 2.30. The number of methoxy groups -OCH3 is 1. The number of aliphatic hydroxyl groups is 1. The second-order valence-electron chi connectivity index (χ2n) is 4.47. The fraction of sp³-hybridized carbons (Fsp3) is 0.538. The largest absolute Gasteiger partial charge is 0.497 e. The average Bonchev–Trinajstić information content (AvgIpc) is 2.33. The summed E-state index contributed by atoms with van der Waals surface area (Å²) >= 11 is 3.51. The summed E-state index contributed by atoms with van der Waals surface area (Å²) < 4.78 is 11.5. The van der Waals surface area contributed by atoms with Crippen LogP contribution in [0.4, 0.5) is 0 Å². The van der Waals surface area contributed by atoms with Crippen LogP contribution < -0.4 is 4.74 Å². The number of benzene rings is 1. The van der Waals surface area contributed by atoms with Crippen LogP contribution in [0, 0.1) is 0 Å². The first-order valence-electron chi connectivity index (χ1n) is 5.75. The van der Waals surface area contributed by atoms with Gasteiger partial charge in [0, 0.05) is 24.1 Å². The van der Waals surface area contributed by atoms with Crippen molar-refractivity contribution in [1.29, 1.82) is 0 Å². The van der Waals surface area contributed by atoms with E-state index in [-0.39, 0.29) is 0 Å². The van der Waals surface area contributed by atoms with Crippen LogP contribution in [0.2, 0.25) is 0 Å². The highest BCUT2D eigenvalue weighted by molar-refractivity contribution is 9.10. The third-order valence-corrected chi connectivity index (χ3v) is 3.97. The minimum absolute atomic E-state index is 0.633. The molecule has 0 amide bonds. The maximum Gasteiger partial charge on any atom is 0.119 e. The number of hydrogen-bond donors (Lipinski definition) is 1. The van der Waals surface area contributed by atoms with E-state index in [0.29, 0.717) is 32.5 Å². The van der Waals surface area contributed by atoms with Crippen LogP contribution in [0.15, 0.2) is 22.7 Å². The number of rotatable bonds is 3. The molecule has 1 fully saturated rings.